The number of halogens is 2. The van der Waals surface area contributed by atoms with Crippen molar-refractivity contribution in [2.75, 3.05) is 17.8 Å². The second-order valence-corrected chi connectivity index (χ2v) is 6.50. The van der Waals surface area contributed by atoms with Gasteiger partial charge in [0.25, 0.3) is 0 Å². The maximum Gasteiger partial charge on any atom is 0.419 e. The molecule has 2 aromatic carbocycles. The summed E-state index contributed by atoms with van der Waals surface area (Å²) in [6, 6.07) is 13.2. The van der Waals surface area contributed by atoms with E-state index >= 15 is 0 Å². The van der Waals surface area contributed by atoms with E-state index in [2.05, 4.69) is 5.32 Å². The van der Waals surface area contributed by atoms with Crippen LogP contribution in [-0.2, 0) is 9.53 Å². The fraction of sp³-hybridized carbons (Fsp3) is 0.150. The van der Waals surface area contributed by atoms with Gasteiger partial charge in [0.15, 0.2) is 0 Å². The molecule has 0 fully saturated rings. The van der Waals surface area contributed by atoms with E-state index < -0.39 is 17.8 Å². The highest BCUT2D eigenvalue weighted by molar-refractivity contribution is 6.32. The van der Waals surface area contributed by atoms with E-state index in [-0.39, 0.29) is 23.9 Å². The van der Waals surface area contributed by atoms with Gasteiger partial charge in [-0.15, -0.1) is 11.6 Å². The molecule has 28 heavy (non-hydrogen) atoms. The fourth-order valence-electron chi connectivity index (χ4n) is 2.88. The molecule has 0 saturated carbocycles. The summed E-state index contributed by atoms with van der Waals surface area (Å²) in [5, 5.41) is 3.46. The van der Waals surface area contributed by atoms with Crippen LogP contribution in [0.4, 0.5) is 10.5 Å². The number of benzene rings is 2. The number of ketones is 1. The van der Waals surface area contributed by atoms with Gasteiger partial charge in [-0.3, -0.25) is 9.59 Å². The molecule has 0 aliphatic heterocycles. The number of nitrogens with one attached hydrogen (secondary N) is 1. The van der Waals surface area contributed by atoms with Crippen LogP contribution in [0, 0.1) is 0 Å². The van der Waals surface area contributed by atoms with Crippen molar-refractivity contribution in [3.8, 4) is 0 Å². The Balaban J connectivity index is 2.35. The Kier molecular flexibility index (Phi) is 6.02. The average Bonchev–Trinajstić information content (AvgIpc) is 3.01. The third kappa shape index (κ3) is 3.74. The molecule has 1 N–H and O–H groups in total. The molecule has 0 aliphatic rings. The highest BCUT2D eigenvalue weighted by Crippen LogP contribution is 2.34. The van der Waals surface area contributed by atoms with E-state index in [1.165, 1.54) is 6.07 Å². The van der Waals surface area contributed by atoms with Gasteiger partial charge in [0, 0.05) is 16.0 Å². The molecule has 1 amide bonds. The lowest BCUT2D eigenvalue weighted by atomic mass is 10.1. The van der Waals surface area contributed by atoms with Gasteiger partial charge in [0.1, 0.15) is 11.6 Å². The molecule has 0 bridgehead atoms. The maximum absolute atomic E-state index is 13.3. The quantitative estimate of drug-likeness (QED) is 0.480. The van der Waals surface area contributed by atoms with Gasteiger partial charge in [0.2, 0.25) is 11.7 Å². The molecule has 1 heterocycles. The zero-order chi connectivity index (χ0) is 20.3. The van der Waals surface area contributed by atoms with Crippen molar-refractivity contribution < 1.29 is 19.1 Å². The van der Waals surface area contributed by atoms with Crippen molar-refractivity contribution in [3.63, 3.8) is 0 Å². The van der Waals surface area contributed by atoms with E-state index in [1.54, 1.807) is 49.4 Å². The van der Waals surface area contributed by atoms with Gasteiger partial charge >= 0.3 is 6.09 Å². The zero-order valence-electron chi connectivity index (χ0n) is 14.9. The lowest BCUT2D eigenvalue weighted by Crippen LogP contribution is -2.22. The third-order valence-electron chi connectivity index (χ3n) is 4.02. The van der Waals surface area contributed by atoms with Crippen LogP contribution < -0.4 is 5.32 Å². The Morgan fingerprint density at radius 1 is 1.11 bits per heavy atom. The number of hydrogen-bond acceptors (Lipinski definition) is 4. The summed E-state index contributed by atoms with van der Waals surface area (Å²) in [6.07, 6.45) is -0.750. The number of nitrogens with zero attached hydrogens (tertiary/aromatic N) is 1. The Labute approximate surface area is 171 Å². The zero-order valence-corrected chi connectivity index (χ0v) is 16.4. The molecule has 0 radical (unpaired) electrons. The summed E-state index contributed by atoms with van der Waals surface area (Å²) >= 11 is 11.7. The number of hydrogen-bond donors (Lipinski definition) is 1. The molecule has 144 valence electrons. The number of aromatic nitrogens is 1. The highest BCUT2D eigenvalue weighted by Gasteiger charge is 2.28. The second kappa shape index (κ2) is 8.46. The number of carbonyl (C=O) groups excluding carboxylic acids is 3. The summed E-state index contributed by atoms with van der Waals surface area (Å²) in [5.41, 5.74) is 0.845. The van der Waals surface area contributed by atoms with Crippen LogP contribution in [0.1, 0.15) is 23.0 Å². The van der Waals surface area contributed by atoms with Gasteiger partial charge in [-0.2, -0.15) is 0 Å². The largest absolute Gasteiger partial charge is 0.449 e. The van der Waals surface area contributed by atoms with Crippen molar-refractivity contribution in [2.45, 2.75) is 6.92 Å². The second-order valence-electron chi connectivity index (χ2n) is 5.80. The first-order valence-electron chi connectivity index (χ1n) is 8.44. The first kappa shape index (κ1) is 19.9. The van der Waals surface area contributed by atoms with E-state index in [0.717, 1.165) is 4.57 Å². The fourth-order valence-corrected chi connectivity index (χ4v) is 3.11. The first-order valence-corrected chi connectivity index (χ1v) is 9.35. The Morgan fingerprint density at radius 3 is 2.46 bits per heavy atom. The minimum absolute atomic E-state index is 0.0274. The molecule has 0 atom stereocenters. The molecule has 6 nitrogen and oxygen atoms in total. The number of alkyl halides is 1. The Bertz CT molecular complexity index is 1060. The highest BCUT2D eigenvalue weighted by atomic mass is 35.5. The number of anilines is 1. The monoisotopic (exact) mass is 418 g/mol. The minimum atomic E-state index is -0.750. The molecular formula is C20H16Cl2N2O4. The lowest BCUT2D eigenvalue weighted by molar-refractivity contribution is -0.113. The van der Waals surface area contributed by atoms with Crippen LogP contribution in [-0.4, -0.2) is 34.8 Å². The van der Waals surface area contributed by atoms with Gasteiger partial charge in [-0.1, -0.05) is 41.9 Å². The molecule has 1 aromatic heterocycles. The van der Waals surface area contributed by atoms with Gasteiger partial charge in [-0.05, 0) is 25.1 Å². The summed E-state index contributed by atoms with van der Waals surface area (Å²) in [4.78, 5) is 38.0. The van der Waals surface area contributed by atoms with Crippen molar-refractivity contribution in [1.82, 2.24) is 4.57 Å². The normalized spacial score (nSPS) is 10.7. The minimum Gasteiger partial charge on any atom is -0.449 e. The van der Waals surface area contributed by atoms with E-state index in [9.17, 15) is 14.4 Å². The van der Waals surface area contributed by atoms with Gasteiger partial charge < -0.3 is 10.1 Å². The van der Waals surface area contributed by atoms with Crippen LogP contribution in [0.5, 0.6) is 0 Å². The molecule has 3 rings (SSSR count). The van der Waals surface area contributed by atoms with Gasteiger partial charge in [0.05, 0.1) is 17.8 Å². The van der Waals surface area contributed by atoms with Crippen molar-refractivity contribution >= 4 is 57.6 Å². The number of amides is 1. The summed E-state index contributed by atoms with van der Waals surface area (Å²) in [5.74, 6) is -1.27. The van der Waals surface area contributed by atoms with Crippen LogP contribution >= 0.6 is 23.2 Å². The molecule has 0 spiro atoms. The first-order chi connectivity index (χ1) is 13.5. The third-order valence-corrected chi connectivity index (χ3v) is 4.50. The average molecular weight is 419 g/mol. The summed E-state index contributed by atoms with van der Waals surface area (Å²) in [7, 11) is 0. The Morgan fingerprint density at radius 2 is 1.82 bits per heavy atom. The van der Waals surface area contributed by atoms with Crippen molar-refractivity contribution in [2.24, 2.45) is 0 Å². The van der Waals surface area contributed by atoms with Crippen molar-refractivity contribution in [3.05, 3.63) is 64.8 Å². The standard InChI is InChI=1S/C20H16Cl2N2O4/c1-2-28-20(27)24-15-10-13(22)8-9-14(15)17(23-16(25)11-21)18(24)19(26)12-6-4-3-5-7-12/h3-10H,2,11H2,1H3,(H,23,25). The summed E-state index contributed by atoms with van der Waals surface area (Å²) < 4.78 is 6.27. The number of carbonyl (C=O) groups is 3. The van der Waals surface area contributed by atoms with Crippen molar-refractivity contribution in [1.29, 1.82) is 0 Å². The van der Waals surface area contributed by atoms with E-state index in [4.69, 9.17) is 27.9 Å². The van der Waals surface area contributed by atoms with Crippen LogP contribution in [0.2, 0.25) is 5.02 Å². The predicted molar refractivity (Wildman–Crippen MR) is 109 cm³/mol. The number of ether oxygens (including phenoxy) is 1. The van der Waals surface area contributed by atoms with Gasteiger partial charge in [-0.25, -0.2) is 9.36 Å². The van der Waals surface area contributed by atoms with E-state index in [1.807, 2.05) is 0 Å². The molecule has 0 saturated heterocycles. The SMILES string of the molecule is CCOC(=O)n1c(C(=O)c2ccccc2)c(NC(=O)CCl)c2ccc(Cl)cc21. The molecule has 8 heteroatoms. The summed E-state index contributed by atoms with van der Waals surface area (Å²) in [6.45, 7) is 1.77. The molecule has 0 aliphatic carbocycles. The Hall–Kier alpha value is -2.83. The molecule has 0 unspecified atom stereocenters. The van der Waals surface area contributed by atoms with Crippen LogP contribution in [0.3, 0.4) is 0 Å². The lowest BCUT2D eigenvalue weighted by Gasteiger charge is -2.10. The van der Waals surface area contributed by atoms with Crippen LogP contribution in [0.15, 0.2) is 48.5 Å². The number of rotatable bonds is 5. The topological polar surface area (TPSA) is 77.4 Å². The maximum atomic E-state index is 13.3. The predicted octanol–water partition coefficient (Wildman–Crippen LogP) is 4.71. The smallest absolute Gasteiger partial charge is 0.419 e. The van der Waals surface area contributed by atoms with E-state index in [0.29, 0.717) is 21.5 Å². The molecule has 3 aromatic rings. The number of fused-ring (bicyclic) bond motifs is 1. The molecular weight excluding hydrogens is 403 g/mol. The van der Waals surface area contributed by atoms with Crippen LogP contribution in [0.25, 0.3) is 10.9 Å².